The number of aromatic nitrogens is 4. The maximum atomic E-state index is 12.0. The molecule has 26 heavy (non-hydrogen) atoms. The summed E-state index contributed by atoms with van der Waals surface area (Å²) in [6, 6.07) is 5.54. The number of hydrogen-bond donors (Lipinski definition) is 2. The SMILES string of the molecule is CCCNc1nc(Nc2cccc3c2cnn3C(=O)OCC)ncc1C. The van der Waals surface area contributed by atoms with Gasteiger partial charge in [-0.25, -0.2) is 9.78 Å². The fourth-order valence-corrected chi connectivity index (χ4v) is 2.54. The van der Waals surface area contributed by atoms with Crippen molar-refractivity contribution in [3.05, 3.63) is 36.2 Å². The third-order valence-electron chi connectivity index (χ3n) is 3.81. The molecule has 3 rings (SSSR count). The molecule has 0 bridgehead atoms. The molecule has 2 N–H and O–H groups in total. The predicted molar refractivity (Wildman–Crippen MR) is 101 cm³/mol. The zero-order chi connectivity index (χ0) is 18.5. The van der Waals surface area contributed by atoms with Gasteiger partial charge >= 0.3 is 6.09 Å². The summed E-state index contributed by atoms with van der Waals surface area (Å²) in [5.41, 5.74) is 2.41. The van der Waals surface area contributed by atoms with E-state index in [-0.39, 0.29) is 0 Å². The first-order chi connectivity index (χ1) is 12.6. The molecule has 136 valence electrons. The largest absolute Gasteiger partial charge is 0.448 e. The third kappa shape index (κ3) is 3.58. The second-order valence-electron chi connectivity index (χ2n) is 5.77. The van der Waals surface area contributed by atoms with Crippen LogP contribution >= 0.6 is 0 Å². The van der Waals surface area contributed by atoms with Gasteiger partial charge in [0.1, 0.15) is 5.82 Å². The Labute approximate surface area is 151 Å². The molecule has 3 aromatic rings. The lowest BCUT2D eigenvalue weighted by molar-refractivity contribution is 0.151. The Morgan fingerprint density at radius 3 is 2.88 bits per heavy atom. The lowest BCUT2D eigenvalue weighted by atomic mass is 10.2. The first-order valence-electron chi connectivity index (χ1n) is 8.62. The number of carbonyl (C=O) groups excluding carboxylic acids is 1. The van der Waals surface area contributed by atoms with Crippen LogP contribution < -0.4 is 10.6 Å². The van der Waals surface area contributed by atoms with Crippen molar-refractivity contribution >= 4 is 34.4 Å². The van der Waals surface area contributed by atoms with Crippen LogP contribution in [0, 0.1) is 6.92 Å². The van der Waals surface area contributed by atoms with Crippen molar-refractivity contribution in [2.45, 2.75) is 27.2 Å². The van der Waals surface area contributed by atoms with E-state index in [1.54, 1.807) is 19.3 Å². The summed E-state index contributed by atoms with van der Waals surface area (Å²) in [6.45, 7) is 6.97. The van der Waals surface area contributed by atoms with E-state index in [2.05, 4.69) is 32.6 Å². The number of benzene rings is 1. The molecular formula is C18H22N6O2. The van der Waals surface area contributed by atoms with E-state index in [1.807, 2.05) is 25.1 Å². The van der Waals surface area contributed by atoms with Crippen molar-refractivity contribution in [3.63, 3.8) is 0 Å². The van der Waals surface area contributed by atoms with Crippen LogP contribution in [0.2, 0.25) is 0 Å². The Hall–Kier alpha value is -3.16. The normalized spacial score (nSPS) is 10.7. The second kappa shape index (κ2) is 7.81. The molecule has 0 aliphatic rings. The lowest BCUT2D eigenvalue weighted by Crippen LogP contribution is -2.14. The number of carbonyl (C=O) groups is 1. The van der Waals surface area contributed by atoms with Gasteiger partial charge in [-0.15, -0.1) is 0 Å². The molecule has 0 atom stereocenters. The van der Waals surface area contributed by atoms with Gasteiger partial charge in [-0.05, 0) is 32.4 Å². The van der Waals surface area contributed by atoms with Gasteiger partial charge in [0, 0.05) is 23.7 Å². The first-order valence-corrected chi connectivity index (χ1v) is 8.62. The Morgan fingerprint density at radius 1 is 1.27 bits per heavy atom. The quantitative estimate of drug-likeness (QED) is 0.697. The van der Waals surface area contributed by atoms with Gasteiger partial charge in [0.05, 0.1) is 24.0 Å². The number of aryl methyl sites for hydroxylation is 1. The maximum absolute atomic E-state index is 12.0. The minimum Gasteiger partial charge on any atom is -0.448 e. The number of nitrogens with zero attached hydrogens (tertiary/aromatic N) is 4. The summed E-state index contributed by atoms with van der Waals surface area (Å²) in [5, 5.41) is 11.4. The molecule has 8 nitrogen and oxygen atoms in total. The Balaban J connectivity index is 1.91. The molecule has 2 heterocycles. The molecule has 0 aliphatic carbocycles. The number of fused-ring (bicyclic) bond motifs is 1. The minimum atomic E-state index is -0.503. The van der Waals surface area contributed by atoms with Gasteiger partial charge in [0.2, 0.25) is 5.95 Å². The van der Waals surface area contributed by atoms with Gasteiger partial charge in [0.15, 0.2) is 0 Å². The van der Waals surface area contributed by atoms with Crippen molar-refractivity contribution in [3.8, 4) is 0 Å². The standard InChI is InChI=1S/C18H22N6O2/c1-4-9-19-16-12(3)10-20-17(23-16)22-14-7-6-8-15-13(14)11-21-24(15)18(25)26-5-2/h6-8,10-11H,4-5,9H2,1-3H3,(H2,19,20,22,23). The average molecular weight is 354 g/mol. The number of hydrogen-bond acceptors (Lipinski definition) is 7. The zero-order valence-corrected chi connectivity index (χ0v) is 15.1. The highest BCUT2D eigenvalue weighted by Gasteiger charge is 2.14. The number of ether oxygens (including phenoxy) is 1. The van der Waals surface area contributed by atoms with Crippen molar-refractivity contribution in [1.82, 2.24) is 19.7 Å². The van der Waals surface area contributed by atoms with E-state index in [0.29, 0.717) is 18.1 Å². The average Bonchev–Trinajstić information content (AvgIpc) is 3.07. The lowest BCUT2D eigenvalue weighted by Gasteiger charge is -2.11. The maximum Gasteiger partial charge on any atom is 0.435 e. The second-order valence-corrected chi connectivity index (χ2v) is 5.77. The van der Waals surface area contributed by atoms with Crippen LogP contribution in [0.3, 0.4) is 0 Å². The molecule has 0 saturated heterocycles. The molecule has 0 unspecified atom stereocenters. The fraction of sp³-hybridized carbons (Fsp3) is 0.333. The molecule has 0 saturated carbocycles. The Kier molecular flexibility index (Phi) is 5.31. The highest BCUT2D eigenvalue weighted by Crippen LogP contribution is 2.26. The summed E-state index contributed by atoms with van der Waals surface area (Å²) in [7, 11) is 0. The highest BCUT2D eigenvalue weighted by atomic mass is 16.5. The molecule has 1 aromatic carbocycles. The van der Waals surface area contributed by atoms with Gasteiger partial charge in [-0.1, -0.05) is 13.0 Å². The monoisotopic (exact) mass is 354 g/mol. The molecule has 2 aromatic heterocycles. The summed E-state index contributed by atoms with van der Waals surface area (Å²) in [6.07, 6.45) is 3.91. The molecule has 8 heteroatoms. The highest BCUT2D eigenvalue weighted by molar-refractivity contribution is 5.96. The van der Waals surface area contributed by atoms with E-state index in [4.69, 9.17) is 4.74 Å². The van der Waals surface area contributed by atoms with Gasteiger partial charge in [-0.3, -0.25) is 0 Å². The molecule has 0 fully saturated rings. The molecule has 0 aliphatic heterocycles. The number of rotatable bonds is 6. The topological polar surface area (TPSA) is 94.0 Å². The molecule has 0 amide bonds. The van der Waals surface area contributed by atoms with Gasteiger partial charge < -0.3 is 15.4 Å². The molecular weight excluding hydrogens is 332 g/mol. The van der Waals surface area contributed by atoms with Crippen molar-refractivity contribution < 1.29 is 9.53 Å². The van der Waals surface area contributed by atoms with E-state index >= 15 is 0 Å². The summed E-state index contributed by atoms with van der Waals surface area (Å²) in [5.74, 6) is 1.28. The fourth-order valence-electron chi connectivity index (χ4n) is 2.54. The first kappa shape index (κ1) is 17.7. The van der Waals surface area contributed by atoms with Crippen LogP contribution in [-0.2, 0) is 4.74 Å². The third-order valence-corrected chi connectivity index (χ3v) is 3.81. The number of nitrogens with one attached hydrogen (secondary N) is 2. The smallest absolute Gasteiger partial charge is 0.435 e. The predicted octanol–water partition coefficient (Wildman–Crippen LogP) is 3.70. The van der Waals surface area contributed by atoms with Crippen molar-refractivity contribution in [2.24, 2.45) is 0 Å². The Morgan fingerprint density at radius 2 is 2.12 bits per heavy atom. The van der Waals surface area contributed by atoms with Crippen LogP contribution in [0.15, 0.2) is 30.6 Å². The summed E-state index contributed by atoms with van der Waals surface area (Å²) < 4.78 is 6.27. The summed E-state index contributed by atoms with van der Waals surface area (Å²) >= 11 is 0. The van der Waals surface area contributed by atoms with E-state index < -0.39 is 6.09 Å². The van der Waals surface area contributed by atoms with Crippen LogP contribution in [0.4, 0.5) is 22.2 Å². The minimum absolute atomic E-state index is 0.295. The van der Waals surface area contributed by atoms with E-state index in [9.17, 15) is 4.79 Å². The van der Waals surface area contributed by atoms with Crippen LogP contribution in [0.25, 0.3) is 10.9 Å². The van der Waals surface area contributed by atoms with Crippen molar-refractivity contribution in [2.75, 3.05) is 23.8 Å². The van der Waals surface area contributed by atoms with E-state index in [0.717, 1.165) is 35.4 Å². The van der Waals surface area contributed by atoms with E-state index in [1.165, 1.54) is 4.68 Å². The molecule has 0 spiro atoms. The van der Waals surface area contributed by atoms with Gasteiger partial charge in [0.25, 0.3) is 0 Å². The zero-order valence-electron chi connectivity index (χ0n) is 15.1. The van der Waals surface area contributed by atoms with Crippen molar-refractivity contribution in [1.29, 1.82) is 0 Å². The Bertz CT molecular complexity index is 921. The van der Waals surface area contributed by atoms with Crippen LogP contribution in [-0.4, -0.2) is 39.0 Å². The summed E-state index contributed by atoms with van der Waals surface area (Å²) in [4.78, 5) is 20.9. The van der Waals surface area contributed by atoms with Crippen LogP contribution in [0.5, 0.6) is 0 Å². The number of anilines is 3. The van der Waals surface area contributed by atoms with Gasteiger partial charge in [-0.2, -0.15) is 14.8 Å². The van der Waals surface area contributed by atoms with Crippen LogP contribution in [0.1, 0.15) is 25.8 Å². The molecule has 0 radical (unpaired) electrons.